The van der Waals surface area contributed by atoms with E-state index in [0.717, 1.165) is 36.5 Å². The van der Waals surface area contributed by atoms with E-state index in [1.54, 1.807) is 19.4 Å². The molecule has 4 rings (SSSR count). The lowest BCUT2D eigenvalue weighted by Crippen LogP contribution is -2.35. The fourth-order valence-corrected chi connectivity index (χ4v) is 4.03. The molecule has 1 aromatic heterocycles. The number of nitrogens with one attached hydrogen (secondary N) is 4. The number of pyridine rings is 1. The quantitative estimate of drug-likeness (QED) is 0.635. The third-order valence-electron chi connectivity index (χ3n) is 5.57. The molecule has 0 bridgehead atoms. The van der Waals surface area contributed by atoms with Gasteiger partial charge in [0.25, 0.3) is 0 Å². The largest absolute Gasteiger partial charge is 0.496 e. The van der Waals surface area contributed by atoms with Crippen LogP contribution in [0, 0.1) is 11.3 Å². The number of hydrogen-bond donors (Lipinski definition) is 4. The molecule has 3 heterocycles. The molecular weight excluding hydrogens is 352 g/mol. The van der Waals surface area contributed by atoms with E-state index in [4.69, 9.17) is 10.00 Å². The molecule has 0 radical (unpaired) electrons. The lowest BCUT2D eigenvalue weighted by Gasteiger charge is -2.24. The van der Waals surface area contributed by atoms with Gasteiger partial charge in [-0.1, -0.05) is 12.1 Å². The van der Waals surface area contributed by atoms with E-state index >= 15 is 0 Å². The zero-order valence-corrected chi connectivity index (χ0v) is 16.0. The van der Waals surface area contributed by atoms with Crippen LogP contribution in [0.3, 0.4) is 0 Å². The van der Waals surface area contributed by atoms with E-state index in [1.165, 1.54) is 18.4 Å². The number of methoxy groups -OCH3 is 1. The van der Waals surface area contributed by atoms with E-state index in [9.17, 15) is 0 Å². The summed E-state index contributed by atoms with van der Waals surface area (Å²) in [5.41, 5.74) is 10.5. The van der Waals surface area contributed by atoms with Crippen molar-refractivity contribution in [2.75, 3.05) is 25.5 Å². The number of hydrazine groups is 1. The summed E-state index contributed by atoms with van der Waals surface area (Å²) in [7, 11) is 1.74. The van der Waals surface area contributed by atoms with Crippen LogP contribution in [0.1, 0.15) is 48.0 Å². The van der Waals surface area contributed by atoms with E-state index in [1.807, 2.05) is 12.1 Å². The van der Waals surface area contributed by atoms with Crippen molar-refractivity contribution in [3.05, 3.63) is 53.3 Å². The van der Waals surface area contributed by atoms with Crippen molar-refractivity contribution in [1.29, 1.82) is 5.26 Å². The van der Waals surface area contributed by atoms with Crippen molar-refractivity contribution in [2.24, 2.45) is 0 Å². The van der Waals surface area contributed by atoms with Crippen molar-refractivity contribution in [1.82, 2.24) is 21.2 Å². The van der Waals surface area contributed by atoms with E-state index in [2.05, 4.69) is 44.7 Å². The SMILES string of the molecule is COc1cc(C2CCNCC2)ccc1C1CC(Nc2ccc(C#N)nc2)NN1. The number of anilines is 1. The summed E-state index contributed by atoms with van der Waals surface area (Å²) in [4.78, 5) is 4.10. The summed E-state index contributed by atoms with van der Waals surface area (Å²) in [6.07, 6.45) is 4.96. The average Bonchev–Trinajstić information content (AvgIpc) is 3.22. The van der Waals surface area contributed by atoms with Crippen LogP contribution in [-0.2, 0) is 0 Å². The Hall–Kier alpha value is -2.66. The highest BCUT2D eigenvalue weighted by atomic mass is 16.5. The zero-order valence-electron chi connectivity index (χ0n) is 16.0. The summed E-state index contributed by atoms with van der Waals surface area (Å²) in [6, 6.07) is 12.4. The Morgan fingerprint density at radius 2 is 2.04 bits per heavy atom. The number of nitrogens with zero attached hydrogens (tertiary/aromatic N) is 2. The molecule has 2 unspecified atom stereocenters. The molecule has 28 heavy (non-hydrogen) atoms. The first kappa shape index (κ1) is 18.7. The standard InChI is InChI=1S/C21H26N6O/c1-28-20-10-15(14-6-8-23-9-7-14)2-5-18(20)19-11-21(27-26-19)25-17-4-3-16(12-22)24-13-17/h2-5,10,13-14,19,21,23,25-27H,6-9,11H2,1H3. The van der Waals surface area contributed by atoms with Gasteiger partial charge >= 0.3 is 0 Å². The molecule has 4 N–H and O–H groups in total. The maximum Gasteiger partial charge on any atom is 0.140 e. The van der Waals surface area contributed by atoms with Crippen LogP contribution < -0.4 is 26.2 Å². The number of hydrogen-bond acceptors (Lipinski definition) is 7. The van der Waals surface area contributed by atoms with Gasteiger partial charge in [0.05, 0.1) is 31.2 Å². The van der Waals surface area contributed by atoms with Gasteiger partial charge in [0.2, 0.25) is 0 Å². The monoisotopic (exact) mass is 378 g/mol. The molecule has 1 aromatic carbocycles. The summed E-state index contributed by atoms with van der Waals surface area (Å²) in [5, 5.41) is 15.7. The van der Waals surface area contributed by atoms with Crippen LogP contribution in [0.2, 0.25) is 0 Å². The van der Waals surface area contributed by atoms with Gasteiger partial charge in [-0.3, -0.25) is 0 Å². The number of benzene rings is 1. The molecule has 0 saturated carbocycles. The zero-order chi connectivity index (χ0) is 19.3. The van der Waals surface area contributed by atoms with Crippen LogP contribution >= 0.6 is 0 Å². The first-order valence-electron chi connectivity index (χ1n) is 9.79. The summed E-state index contributed by atoms with van der Waals surface area (Å²) in [6.45, 7) is 2.17. The fourth-order valence-electron chi connectivity index (χ4n) is 4.03. The van der Waals surface area contributed by atoms with Gasteiger partial charge in [0.15, 0.2) is 0 Å². The number of piperidine rings is 1. The second-order valence-electron chi connectivity index (χ2n) is 7.34. The Labute approximate surface area is 165 Å². The molecule has 2 fully saturated rings. The Bertz CT molecular complexity index is 841. The van der Waals surface area contributed by atoms with Crippen LogP contribution in [0.4, 0.5) is 5.69 Å². The normalized spacial score (nSPS) is 22.6. The highest BCUT2D eigenvalue weighted by molar-refractivity contribution is 5.45. The third kappa shape index (κ3) is 4.09. The van der Waals surface area contributed by atoms with Gasteiger partial charge < -0.3 is 15.4 Å². The van der Waals surface area contributed by atoms with E-state index in [0.29, 0.717) is 11.6 Å². The smallest absolute Gasteiger partial charge is 0.140 e. The third-order valence-corrected chi connectivity index (χ3v) is 5.57. The number of nitriles is 1. The molecule has 2 aliphatic rings. The predicted molar refractivity (Wildman–Crippen MR) is 108 cm³/mol. The van der Waals surface area contributed by atoms with Crippen molar-refractivity contribution in [3.63, 3.8) is 0 Å². The molecule has 0 aliphatic carbocycles. The Balaban J connectivity index is 1.43. The molecule has 2 saturated heterocycles. The minimum Gasteiger partial charge on any atom is -0.496 e. The van der Waals surface area contributed by atoms with Gasteiger partial charge in [-0.25, -0.2) is 15.8 Å². The topological polar surface area (TPSA) is 94.0 Å². The van der Waals surface area contributed by atoms with E-state index < -0.39 is 0 Å². The van der Waals surface area contributed by atoms with Crippen molar-refractivity contribution in [2.45, 2.75) is 37.4 Å². The first-order chi connectivity index (χ1) is 13.8. The summed E-state index contributed by atoms with van der Waals surface area (Å²) < 4.78 is 5.72. The Morgan fingerprint density at radius 1 is 1.18 bits per heavy atom. The number of ether oxygens (including phenoxy) is 1. The Morgan fingerprint density at radius 3 is 2.75 bits per heavy atom. The van der Waals surface area contributed by atoms with Crippen LogP contribution in [0.25, 0.3) is 0 Å². The molecular formula is C21H26N6O. The van der Waals surface area contributed by atoms with Crippen LogP contribution in [0.5, 0.6) is 5.75 Å². The second-order valence-corrected chi connectivity index (χ2v) is 7.34. The maximum atomic E-state index is 8.86. The first-order valence-corrected chi connectivity index (χ1v) is 9.79. The second kappa shape index (κ2) is 8.57. The van der Waals surface area contributed by atoms with Gasteiger partial charge in [-0.15, -0.1) is 0 Å². The predicted octanol–water partition coefficient (Wildman–Crippen LogP) is 2.41. The van der Waals surface area contributed by atoms with Gasteiger partial charge in [0, 0.05) is 12.0 Å². The number of rotatable bonds is 5. The fraction of sp³-hybridized carbons (Fsp3) is 0.429. The van der Waals surface area contributed by atoms with Crippen molar-refractivity contribution >= 4 is 5.69 Å². The van der Waals surface area contributed by atoms with Crippen molar-refractivity contribution in [3.8, 4) is 11.8 Å². The van der Waals surface area contributed by atoms with Crippen LogP contribution in [0.15, 0.2) is 36.5 Å². The van der Waals surface area contributed by atoms with Crippen LogP contribution in [-0.4, -0.2) is 31.3 Å². The van der Waals surface area contributed by atoms with Gasteiger partial charge in [-0.05, 0) is 55.6 Å². The van der Waals surface area contributed by atoms with Crippen molar-refractivity contribution < 1.29 is 4.74 Å². The van der Waals surface area contributed by atoms with E-state index in [-0.39, 0.29) is 12.2 Å². The maximum absolute atomic E-state index is 8.86. The molecule has 2 aliphatic heterocycles. The number of aromatic nitrogens is 1. The molecule has 7 nitrogen and oxygen atoms in total. The minimum absolute atomic E-state index is 0.0635. The van der Waals surface area contributed by atoms with Gasteiger partial charge in [0.1, 0.15) is 17.5 Å². The highest BCUT2D eigenvalue weighted by Crippen LogP contribution is 2.35. The Kier molecular flexibility index (Phi) is 5.72. The molecule has 2 aromatic rings. The lowest BCUT2D eigenvalue weighted by molar-refractivity contribution is 0.399. The molecule has 0 spiro atoms. The summed E-state index contributed by atoms with van der Waals surface area (Å²) >= 11 is 0. The molecule has 0 amide bonds. The molecule has 2 atom stereocenters. The average molecular weight is 378 g/mol. The highest BCUT2D eigenvalue weighted by Gasteiger charge is 2.28. The molecule has 146 valence electrons. The minimum atomic E-state index is 0.0635. The summed E-state index contributed by atoms with van der Waals surface area (Å²) in [5.74, 6) is 1.55. The molecule has 7 heteroatoms. The lowest BCUT2D eigenvalue weighted by atomic mass is 9.88. The van der Waals surface area contributed by atoms with Gasteiger partial charge in [-0.2, -0.15) is 5.26 Å².